The molecule has 0 radical (unpaired) electrons. The fraction of sp³-hybridized carbons (Fsp3) is 0.583. The Labute approximate surface area is 186 Å². The molecule has 1 atom stereocenters. The van der Waals surface area contributed by atoms with Crippen LogP contribution in [-0.4, -0.2) is 46.7 Å². The smallest absolute Gasteiger partial charge is 0.242 e. The van der Waals surface area contributed by atoms with Crippen molar-refractivity contribution in [1.82, 2.24) is 20.3 Å². The molecule has 0 fully saturated rings. The second-order valence-corrected chi connectivity index (χ2v) is 8.08. The Hall–Kier alpha value is -2.54. The molecule has 0 aromatic carbocycles. The Morgan fingerprint density at radius 3 is 2.58 bits per heavy atom. The third kappa shape index (κ3) is 9.00. The van der Waals surface area contributed by atoms with Gasteiger partial charge in [-0.1, -0.05) is 27.2 Å². The van der Waals surface area contributed by atoms with Gasteiger partial charge in [0.05, 0.1) is 0 Å². The molecule has 2 rings (SSSR count). The van der Waals surface area contributed by atoms with Gasteiger partial charge in [-0.2, -0.15) is 0 Å². The van der Waals surface area contributed by atoms with Crippen molar-refractivity contribution in [2.75, 3.05) is 25.1 Å². The zero-order valence-corrected chi connectivity index (χ0v) is 19.4. The fourth-order valence-electron chi connectivity index (χ4n) is 3.22. The molecule has 0 unspecified atom stereocenters. The van der Waals surface area contributed by atoms with Crippen molar-refractivity contribution in [3.63, 3.8) is 0 Å². The number of anilines is 1. The highest BCUT2D eigenvalue weighted by atomic mass is 16.5. The van der Waals surface area contributed by atoms with E-state index < -0.39 is 0 Å². The van der Waals surface area contributed by atoms with E-state index in [0.29, 0.717) is 37.3 Å². The quantitative estimate of drug-likeness (QED) is 0.438. The summed E-state index contributed by atoms with van der Waals surface area (Å²) in [5.74, 6) is 1.69. The second kappa shape index (κ2) is 13.7. The van der Waals surface area contributed by atoms with Gasteiger partial charge in [-0.05, 0) is 50.7 Å². The lowest BCUT2D eigenvalue weighted by Gasteiger charge is -2.21. The molecule has 7 heteroatoms. The summed E-state index contributed by atoms with van der Waals surface area (Å²) >= 11 is 0. The lowest BCUT2D eigenvalue weighted by atomic mass is 10.0. The zero-order valence-electron chi connectivity index (χ0n) is 19.4. The molecule has 0 spiro atoms. The van der Waals surface area contributed by atoms with Crippen molar-refractivity contribution in [1.29, 1.82) is 0 Å². The number of unbranched alkanes of at least 4 members (excludes halogenated alkanes) is 1. The van der Waals surface area contributed by atoms with Gasteiger partial charge in [-0.3, -0.25) is 9.78 Å². The average Bonchev–Trinajstić information content (AvgIpc) is 2.77. The van der Waals surface area contributed by atoms with Crippen molar-refractivity contribution in [3.8, 4) is 11.4 Å². The minimum Gasteiger partial charge on any atom is -0.382 e. The number of amides is 1. The van der Waals surface area contributed by atoms with E-state index in [0.717, 1.165) is 43.4 Å². The van der Waals surface area contributed by atoms with E-state index in [2.05, 4.69) is 36.4 Å². The van der Waals surface area contributed by atoms with Gasteiger partial charge in [0, 0.05) is 49.5 Å². The Balaban J connectivity index is 2.18. The molecule has 0 bridgehead atoms. The van der Waals surface area contributed by atoms with Crippen molar-refractivity contribution < 1.29 is 9.53 Å². The number of nitrogens with zero attached hydrogens (tertiary/aromatic N) is 3. The third-order valence-electron chi connectivity index (χ3n) is 4.82. The van der Waals surface area contributed by atoms with Gasteiger partial charge in [0.25, 0.3) is 0 Å². The van der Waals surface area contributed by atoms with Crippen LogP contribution in [0.4, 0.5) is 5.82 Å². The third-order valence-corrected chi connectivity index (χ3v) is 4.82. The highest BCUT2D eigenvalue weighted by Crippen LogP contribution is 2.20. The molecule has 0 aliphatic heterocycles. The van der Waals surface area contributed by atoms with Crippen LogP contribution >= 0.6 is 0 Å². The van der Waals surface area contributed by atoms with Gasteiger partial charge in [-0.15, -0.1) is 0 Å². The normalized spacial score (nSPS) is 12.0. The number of hydrogen-bond acceptors (Lipinski definition) is 6. The Kier molecular flexibility index (Phi) is 10.9. The fourth-order valence-corrected chi connectivity index (χ4v) is 3.22. The maximum absolute atomic E-state index is 12.9. The van der Waals surface area contributed by atoms with E-state index in [1.54, 1.807) is 12.4 Å². The summed E-state index contributed by atoms with van der Waals surface area (Å²) in [6.07, 6.45) is 8.03. The van der Waals surface area contributed by atoms with Crippen molar-refractivity contribution in [2.45, 2.75) is 65.8 Å². The second-order valence-electron chi connectivity index (χ2n) is 8.08. The number of ether oxygens (including phenoxy) is 1. The van der Waals surface area contributed by atoms with E-state index >= 15 is 0 Å². The van der Waals surface area contributed by atoms with E-state index in [4.69, 9.17) is 14.7 Å². The summed E-state index contributed by atoms with van der Waals surface area (Å²) in [6, 6.07) is 5.42. The van der Waals surface area contributed by atoms with Gasteiger partial charge >= 0.3 is 0 Å². The molecule has 1 amide bonds. The zero-order chi connectivity index (χ0) is 22.5. The van der Waals surface area contributed by atoms with Crippen LogP contribution < -0.4 is 10.6 Å². The predicted octanol–water partition coefficient (Wildman–Crippen LogP) is 4.25. The molecule has 0 saturated carbocycles. The van der Waals surface area contributed by atoms with E-state index in [1.165, 1.54) is 0 Å². The van der Waals surface area contributed by atoms with Crippen LogP contribution in [0.1, 0.15) is 59.1 Å². The molecule has 2 N–H and O–H groups in total. The minimum absolute atomic E-state index is 0.00983. The van der Waals surface area contributed by atoms with E-state index in [1.807, 2.05) is 25.1 Å². The highest BCUT2D eigenvalue weighted by Gasteiger charge is 2.20. The Bertz CT molecular complexity index is 783. The van der Waals surface area contributed by atoms with Crippen LogP contribution in [0.15, 0.2) is 30.6 Å². The summed E-state index contributed by atoms with van der Waals surface area (Å²) < 4.78 is 5.35. The van der Waals surface area contributed by atoms with Crippen LogP contribution in [0.3, 0.4) is 0 Å². The SMILES string of the molecule is CCCCc1cc(N[C@@H](CC(C)C)C(=O)NCCCOCC)nc(-c2ccncc2)n1. The molecule has 2 aromatic rings. The summed E-state index contributed by atoms with van der Waals surface area (Å²) in [6.45, 7) is 10.3. The monoisotopic (exact) mass is 427 g/mol. The summed E-state index contributed by atoms with van der Waals surface area (Å²) in [4.78, 5) is 26.4. The molecule has 0 aliphatic carbocycles. The first-order valence-electron chi connectivity index (χ1n) is 11.4. The number of aromatic nitrogens is 3. The molecule has 0 aliphatic rings. The Morgan fingerprint density at radius 1 is 1.13 bits per heavy atom. The maximum Gasteiger partial charge on any atom is 0.242 e. The highest BCUT2D eigenvalue weighted by molar-refractivity contribution is 5.84. The average molecular weight is 428 g/mol. The first-order chi connectivity index (χ1) is 15.0. The first-order valence-corrected chi connectivity index (χ1v) is 11.4. The molecule has 2 aromatic heterocycles. The van der Waals surface area contributed by atoms with Crippen molar-refractivity contribution in [3.05, 3.63) is 36.3 Å². The van der Waals surface area contributed by atoms with Crippen LogP contribution in [0, 0.1) is 5.92 Å². The van der Waals surface area contributed by atoms with Crippen LogP contribution in [0.5, 0.6) is 0 Å². The lowest BCUT2D eigenvalue weighted by molar-refractivity contribution is -0.122. The number of carbonyl (C=O) groups excluding carboxylic acids is 1. The molecule has 170 valence electrons. The number of aryl methyl sites for hydroxylation is 1. The summed E-state index contributed by atoms with van der Waals surface area (Å²) in [5, 5.41) is 6.41. The number of rotatable bonds is 14. The van der Waals surface area contributed by atoms with E-state index in [-0.39, 0.29) is 11.9 Å². The largest absolute Gasteiger partial charge is 0.382 e. The van der Waals surface area contributed by atoms with Gasteiger partial charge in [0.2, 0.25) is 5.91 Å². The van der Waals surface area contributed by atoms with Crippen LogP contribution in [-0.2, 0) is 16.0 Å². The summed E-state index contributed by atoms with van der Waals surface area (Å²) in [5.41, 5.74) is 1.89. The molecule has 31 heavy (non-hydrogen) atoms. The molecule has 7 nitrogen and oxygen atoms in total. The minimum atomic E-state index is -0.355. The first kappa shape index (κ1) is 24.7. The van der Waals surface area contributed by atoms with Crippen LogP contribution in [0.25, 0.3) is 11.4 Å². The standard InChI is InChI=1S/C24H37N5O2/c1-5-7-9-20-17-22(29-23(27-20)19-10-13-25-14-11-19)28-21(16-18(3)4)24(30)26-12-8-15-31-6-2/h10-11,13-14,17-18,21H,5-9,12,15-16H2,1-4H3,(H,26,30)(H,27,28,29)/t21-/m0/s1. The number of carbonyl (C=O) groups is 1. The van der Waals surface area contributed by atoms with Crippen LogP contribution in [0.2, 0.25) is 0 Å². The van der Waals surface area contributed by atoms with E-state index in [9.17, 15) is 4.79 Å². The molecule has 0 saturated heterocycles. The topological polar surface area (TPSA) is 89.0 Å². The Morgan fingerprint density at radius 2 is 1.90 bits per heavy atom. The van der Waals surface area contributed by atoms with Gasteiger partial charge in [0.1, 0.15) is 11.9 Å². The maximum atomic E-state index is 12.9. The molecule has 2 heterocycles. The number of pyridine rings is 1. The number of hydrogen-bond donors (Lipinski definition) is 2. The van der Waals surface area contributed by atoms with Crippen molar-refractivity contribution >= 4 is 11.7 Å². The number of nitrogens with one attached hydrogen (secondary N) is 2. The van der Waals surface area contributed by atoms with Crippen molar-refractivity contribution in [2.24, 2.45) is 5.92 Å². The van der Waals surface area contributed by atoms with Gasteiger partial charge in [-0.25, -0.2) is 9.97 Å². The molecular formula is C24H37N5O2. The molecular weight excluding hydrogens is 390 g/mol. The summed E-state index contributed by atoms with van der Waals surface area (Å²) in [7, 11) is 0. The lowest BCUT2D eigenvalue weighted by Crippen LogP contribution is -2.41. The van der Waals surface area contributed by atoms with Gasteiger partial charge < -0.3 is 15.4 Å². The predicted molar refractivity (Wildman–Crippen MR) is 125 cm³/mol. The van der Waals surface area contributed by atoms with Gasteiger partial charge in [0.15, 0.2) is 5.82 Å².